The lowest BCUT2D eigenvalue weighted by molar-refractivity contribution is 0.0711. The summed E-state index contributed by atoms with van der Waals surface area (Å²) >= 11 is 0. The Morgan fingerprint density at radius 2 is 2.00 bits per heavy atom. The molecule has 1 aliphatic rings. The number of halogens is 1. The Hall–Kier alpha value is -0.160. The van der Waals surface area contributed by atoms with E-state index in [9.17, 15) is 12.3 Å². The quantitative estimate of drug-likeness (QED) is 0.660. The number of hydrogen-bond acceptors (Lipinski definition) is 3. The third-order valence-electron chi connectivity index (χ3n) is 2.59. The van der Waals surface area contributed by atoms with Crippen molar-refractivity contribution in [3.05, 3.63) is 0 Å². The third-order valence-corrected chi connectivity index (χ3v) is 3.32. The standard InChI is InChI=1S/C8H15FO3S/c1-12-8(6-13(9,10)11)7-4-2-3-5-7/h7-8H,2-6H2,1H3. The van der Waals surface area contributed by atoms with E-state index in [4.69, 9.17) is 4.74 Å². The maximum absolute atomic E-state index is 12.4. The van der Waals surface area contributed by atoms with Gasteiger partial charge in [-0.25, -0.2) is 0 Å². The molecule has 0 N–H and O–H groups in total. The molecule has 1 fully saturated rings. The SMILES string of the molecule is COC(CS(=O)(=O)F)C1CCCC1. The maximum atomic E-state index is 12.4. The van der Waals surface area contributed by atoms with E-state index in [1.807, 2.05) is 0 Å². The number of rotatable bonds is 4. The summed E-state index contributed by atoms with van der Waals surface area (Å²) in [6, 6.07) is 0. The lowest BCUT2D eigenvalue weighted by Crippen LogP contribution is -2.27. The summed E-state index contributed by atoms with van der Waals surface area (Å²) in [6.07, 6.45) is 3.63. The first-order valence-electron chi connectivity index (χ1n) is 4.48. The molecule has 1 saturated carbocycles. The first-order valence-corrected chi connectivity index (χ1v) is 6.03. The third kappa shape index (κ3) is 3.60. The molecule has 1 rings (SSSR count). The zero-order valence-corrected chi connectivity index (χ0v) is 8.52. The lowest BCUT2D eigenvalue weighted by Gasteiger charge is -2.19. The van der Waals surface area contributed by atoms with Crippen LogP contribution in [0.1, 0.15) is 25.7 Å². The largest absolute Gasteiger partial charge is 0.380 e. The minimum Gasteiger partial charge on any atom is -0.380 e. The summed E-state index contributed by atoms with van der Waals surface area (Å²) in [6.45, 7) is 0. The Labute approximate surface area is 78.5 Å². The topological polar surface area (TPSA) is 43.4 Å². The first-order chi connectivity index (χ1) is 6.03. The van der Waals surface area contributed by atoms with E-state index in [0.717, 1.165) is 25.7 Å². The summed E-state index contributed by atoms with van der Waals surface area (Å²) in [7, 11) is -2.96. The smallest absolute Gasteiger partial charge is 0.304 e. The molecule has 1 atom stereocenters. The van der Waals surface area contributed by atoms with Gasteiger partial charge in [-0.05, 0) is 18.8 Å². The van der Waals surface area contributed by atoms with Gasteiger partial charge in [0, 0.05) is 7.11 Å². The molecule has 0 spiro atoms. The van der Waals surface area contributed by atoms with Crippen molar-refractivity contribution in [1.29, 1.82) is 0 Å². The van der Waals surface area contributed by atoms with Crippen molar-refractivity contribution < 1.29 is 17.0 Å². The van der Waals surface area contributed by atoms with Crippen molar-refractivity contribution in [2.45, 2.75) is 31.8 Å². The molecule has 13 heavy (non-hydrogen) atoms. The molecule has 3 nitrogen and oxygen atoms in total. The van der Waals surface area contributed by atoms with Gasteiger partial charge < -0.3 is 4.74 Å². The van der Waals surface area contributed by atoms with Gasteiger partial charge in [0.05, 0.1) is 6.10 Å². The Morgan fingerprint density at radius 3 is 2.38 bits per heavy atom. The molecule has 0 bridgehead atoms. The van der Waals surface area contributed by atoms with Crippen LogP contribution in [0.5, 0.6) is 0 Å². The van der Waals surface area contributed by atoms with Crippen LogP contribution in [0.4, 0.5) is 3.89 Å². The second-order valence-electron chi connectivity index (χ2n) is 3.52. The van der Waals surface area contributed by atoms with Gasteiger partial charge in [0.15, 0.2) is 0 Å². The second-order valence-corrected chi connectivity index (χ2v) is 4.94. The zero-order chi connectivity index (χ0) is 9.90. The highest BCUT2D eigenvalue weighted by Gasteiger charge is 2.28. The maximum Gasteiger partial charge on any atom is 0.304 e. The van der Waals surface area contributed by atoms with E-state index in [2.05, 4.69) is 0 Å². The lowest BCUT2D eigenvalue weighted by atomic mass is 10.0. The van der Waals surface area contributed by atoms with Gasteiger partial charge in [0.2, 0.25) is 0 Å². The van der Waals surface area contributed by atoms with E-state index < -0.39 is 22.1 Å². The van der Waals surface area contributed by atoms with Gasteiger partial charge in [-0.2, -0.15) is 8.42 Å². The summed E-state index contributed by atoms with van der Waals surface area (Å²) in [5.74, 6) is -0.274. The van der Waals surface area contributed by atoms with Gasteiger partial charge in [0.1, 0.15) is 5.75 Å². The van der Waals surface area contributed by atoms with Crippen molar-refractivity contribution in [3.63, 3.8) is 0 Å². The van der Waals surface area contributed by atoms with Crippen molar-refractivity contribution in [3.8, 4) is 0 Å². The summed E-state index contributed by atoms with van der Waals surface area (Å²) in [4.78, 5) is 0. The van der Waals surface area contributed by atoms with Gasteiger partial charge >= 0.3 is 10.2 Å². The molecule has 0 heterocycles. The molecule has 1 aliphatic carbocycles. The molecular formula is C8H15FO3S. The van der Waals surface area contributed by atoms with Crippen LogP contribution in [0, 0.1) is 5.92 Å². The zero-order valence-electron chi connectivity index (χ0n) is 7.70. The molecule has 0 amide bonds. The molecule has 0 aliphatic heterocycles. The van der Waals surface area contributed by atoms with Crippen LogP contribution >= 0.6 is 0 Å². The Kier molecular flexibility index (Phi) is 3.67. The minimum absolute atomic E-state index is 0.218. The van der Waals surface area contributed by atoms with Gasteiger partial charge in [-0.1, -0.05) is 12.8 Å². The van der Waals surface area contributed by atoms with E-state index in [-0.39, 0.29) is 5.92 Å². The van der Waals surface area contributed by atoms with Crippen molar-refractivity contribution in [2.24, 2.45) is 5.92 Å². The summed E-state index contributed by atoms with van der Waals surface area (Å²) in [5, 5.41) is 0. The van der Waals surface area contributed by atoms with Crippen molar-refractivity contribution in [1.82, 2.24) is 0 Å². The Balaban J connectivity index is 2.51. The molecule has 0 aromatic carbocycles. The Bertz CT molecular complexity index is 244. The fourth-order valence-corrected chi connectivity index (χ4v) is 2.72. The van der Waals surface area contributed by atoms with Crippen LogP contribution in [0.15, 0.2) is 0 Å². The van der Waals surface area contributed by atoms with Gasteiger partial charge in [0.25, 0.3) is 0 Å². The first kappa shape index (κ1) is 10.9. The van der Waals surface area contributed by atoms with Crippen LogP contribution in [0.2, 0.25) is 0 Å². The summed E-state index contributed by atoms with van der Waals surface area (Å²) < 4.78 is 38.2. The predicted molar refractivity (Wildman–Crippen MR) is 47.6 cm³/mol. The normalized spacial score (nSPS) is 22.0. The average Bonchev–Trinajstić information content (AvgIpc) is 2.50. The molecule has 5 heteroatoms. The average molecular weight is 210 g/mol. The van der Waals surface area contributed by atoms with Gasteiger partial charge in [-0.3, -0.25) is 0 Å². The monoisotopic (exact) mass is 210 g/mol. The fraction of sp³-hybridized carbons (Fsp3) is 1.00. The molecule has 0 aromatic rings. The van der Waals surface area contributed by atoms with E-state index in [1.165, 1.54) is 7.11 Å². The van der Waals surface area contributed by atoms with E-state index in [0.29, 0.717) is 0 Å². The molecule has 78 valence electrons. The van der Waals surface area contributed by atoms with Crippen LogP contribution in [0.25, 0.3) is 0 Å². The number of ether oxygens (including phenoxy) is 1. The second kappa shape index (κ2) is 4.37. The van der Waals surface area contributed by atoms with Crippen LogP contribution in [-0.4, -0.2) is 27.4 Å². The molecule has 0 saturated heterocycles. The molecular weight excluding hydrogens is 195 g/mol. The van der Waals surface area contributed by atoms with Crippen molar-refractivity contribution >= 4 is 10.2 Å². The van der Waals surface area contributed by atoms with E-state index >= 15 is 0 Å². The fourth-order valence-electron chi connectivity index (χ4n) is 1.92. The summed E-state index contributed by atoms with van der Waals surface area (Å²) in [5.41, 5.74) is 0. The predicted octanol–water partition coefficient (Wildman–Crippen LogP) is 1.49. The van der Waals surface area contributed by atoms with Crippen LogP contribution in [-0.2, 0) is 15.0 Å². The van der Waals surface area contributed by atoms with Crippen LogP contribution in [0.3, 0.4) is 0 Å². The number of hydrogen-bond donors (Lipinski definition) is 0. The Morgan fingerprint density at radius 1 is 1.46 bits per heavy atom. The highest BCUT2D eigenvalue weighted by molar-refractivity contribution is 7.86. The van der Waals surface area contributed by atoms with E-state index in [1.54, 1.807) is 0 Å². The molecule has 0 radical (unpaired) electrons. The minimum atomic E-state index is -4.40. The van der Waals surface area contributed by atoms with Gasteiger partial charge in [-0.15, -0.1) is 3.89 Å². The molecule has 1 unspecified atom stereocenters. The molecule has 0 aromatic heterocycles. The highest BCUT2D eigenvalue weighted by Crippen LogP contribution is 2.29. The highest BCUT2D eigenvalue weighted by atomic mass is 32.3. The van der Waals surface area contributed by atoms with Crippen molar-refractivity contribution in [2.75, 3.05) is 12.9 Å². The number of methoxy groups -OCH3 is 1. The van der Waals surface area contributed by atoms with Crippen LogP contribution < -0.4 is 0 Å².